The SMILES string of the molecule is Cc1nn(CCC2CCCO2)cc1CNC1CC1. The molecule has 1 aliphatic carbocycles. The number of aryl methyl sites for hydroxylation is 2. The molecule has 0 radical (unpaired) electrons. The lowest BCUT2D eigenvalue weighted by atomic mass is 10.2. The smallest absolute Gasteiger partial charge is 0.0638 e. The van der Waals surface area contributed by atoms with Gasteiger partial charge in [-0.3, -0.25) is 4.68 Å². The number of ether oxygens (including phenoxy) is 1. The molecule has 1 aromatic heterocycles. The molecule has 100 valence electrons. The van der Waals surface area contributed by atoms with Crippen molar-refractivity contribution in [3.8, 4) is 0 Å². The van der Waals surface area contributed by atoms with Crippen molar-refractivity contribution in [3.63, 3.8) is 0 Å². The zero-order valence-corrected chi connectivity index (χ0v) is 11.2. The first-order chi connectivity index (χ1) is 8.81. The molecule has 3 rings (SSSR count). The van der Waals surface area contributed by atoms with Crippen molar-refractivity contribution >= 4 is 0 Å². The van der Waals surface area contributed by atoms with Crippen molar-refractivity contribution in [1.82, 2.24) is 15.1 Å². The summed E-state index contributed by atoms with van der Waals surface area (Å²) in [5, 5.41) is 8.14. The highest BCUT2D eigenvalue weighted by molar-refractivity contribution is 5.15. The quantitative estimate of drug-likeness (QED) is 0.838. The third-order valence-corrected chi connectivity index (χ3v) is 3.91. The summed E-state index contributed by atoms with van der Waals surface area (Å²) in [5.74, 6) is 0. The van der Waals surface area contributed by atoms with Gasteiger partial charge in [0.2, 0.25) is 0 Å². The molecule has 18 heavy (non-hydrogen) atoms. The number of hydrogen-bond donors (Lipinski definition) is 1. The van der Waals surface area contributed by atoms with Crippen LogP contribution < -0.4 is 5.32 Å². The molecule has 1 saturated carbocycles. The van der Waals surface area contributed by atoms with Gasteiger partial charge in [0.05, 0.1) is 11.8 Å². The van der Waals surface area contributed by atoms with Crippen LogP contribution in [0.2, 0.25) is 0 Å². The summed E-state index contributed by atoms with van der Waals surface area (Å²) in [6.45, 7) is 5.00. The van der Waals surface area contributed by atoms with Crippen molar-refractivity contribution in [3.05, 3.63) is 17.5 Å². The molecular formula is C14H23N3O. The summed E-state index contributed by atoms with van der Waals surface area (Å²) in [6.07, 6.45) is 8.87. The van der Waals surface area contributed by atoms with Gasteiger partial charge in [0.1, 0.15) is 0 Å². The Morgan fingerprint density at radius 1 is 1.44 bits per heavy atom. The molecule has 2 heterocycles. The van der Waals surface area contributed by atoms with Gasteiger partial charge in [-0.2, -0.15) is 5.10 Å². The van der Waals surface area contributed by atoms with Gasteiger partial charge >= 0.3 is 0 Å². The van der Waals surface area contributed by atoms with Crippen molar-refractivity contribution in [2.75, 3.05) is 6.61 Å². The van der Waals surface area contributed by atoms with E-state index in [1.165, 1.54) is 31.2 Å². The van der Waals surface area contributed by atoms with E-state index in [0.717, 1.165) is 37.9 Å². The molecule has 4 nitrogen and oxygen atoms in total. The zero-order valence-electron chi connectivity index (χ0n) is 11.2. The number of rotatable bonds is 6. The molecule has 1 saturated heterocycles. The second-order valence-electron chi connectivity index (χ2n) is 5.58. The number of hydrogen-bond acceptors (Lipinski definition) is 3. The molecule has 1 atom stereocenters. The van der Waals surface area contributed by atoms with E-state index in [9.17, 15) is 0 Å². The molecule has 2 aliphatic rings. The van der Waals surface area contributed by atoms with E-state index >= 15 is 0 Å². The Kier molecular flexibility index (Phi) is 3.66. The Labute approximate surface area is 109 Å². The van der Waals surface area contributed by atoms with Crippen molar-refractivity contribution in [2.45, 2.75) is 64.3 Å². The van der Waals surface area contributed by atoms with E-state index in [1.807, 2.05) is 0 Å². The number of nitrogens with zero attached hydrogens (tertiary/aromatic N) is 2. The Morgan fingerprint density at radius 2 is 2.33 bits per heavy atom. The van der Waals surface area contributed by atoms with Gasteiger partial charge in [0, 0.05) is 37.5 Å². The van der Waals surface area contributed by atoms with Crippen LogP contribution in [0.1, 0.15) is 43.4 Å². The summed E-state index contributed by atoms with van der Waals surface area (Å²) in [6, 6.07) is 0.764. The lowest BCUT2D eigenvalue weighted by molar-refractivity contribution is 0.0994. The van der Waals surface area contributed by atoms with Crippen LogP contribution >= 0.6 is 0 Å². The third kappa shape index (κ3) is 3.12. The molecule has 4 heteroatoms. The Morgan fingerprint density at radius 3 is 3.06 bits per heavy atom. The second kappa shape index (κ2) is 5.41. The molecule has 1 aliphatic heterocycles. The standard InChI is InChI=1S/C14H23N3O/c1-11-12(9-15-13-4-5-13)10-17(16-11)7-6-14-3-2-8-18-14/h10,13-15H,2-9H2,1H3. The predicted octanol–water partition coefficient (Wildman–Crippen LogP) is 2.01. The first-order valence-electron chi connectivity index (χ1n) is 7.19. The largest absolute Gasteiger partial charge is 0.378 e. The van der Waals surface area contributed by atoms with Crippen LogP contribution in [-0.2, 0) is 17.8 Å². The van der Waals surface area contributed by atoms with E-state index < -0.39 is 0 Å². The molecule has 1 unspecified atom stereocenters. The van der Waals surface area contributed by atoms with Gasteiger partial charge in [-0.25, -0.2) is 0 Å². The zero-order chi connectivity index (χ0) is 12.4. The van der Waals surface area contributed by atoms with Crippen molar-refractivity contribution in [2.24, 2.45) is 0 Å². The predicted molar refractivity (Wildman–Crippen MR) is 70.4 cm³/mol. The highest BCUT2D eigenvalue weighted by Gasteiger charge is 2.21. The Balaban J connectivity index is 1.50. The molecule has 0 bridgehead atoms. The average molecular weight is 249 g/mol. The van der Waals surface area contributed by atoms with E-state index in [2.05, 4.69) is 28.2 Å². The number of aromatic nitrogens is 2. The number of nitrogens with one attached hydrogen (secondary N) is 1. The Hall–Kier alpha value is -0.870. The summed E-state index contributed by atoms with van der Waals surface area (Å²) in [4.78, 5) is 0. The normalized spacial score (nSPS) is 23.7. The lowest BCUT2D eigenvalue weighted by Crippen LogP contribution is -2.15. The molecule has 1 N–H and O–H groups in total. The molecular weight excluding hydrogens is 226 g/mol. The fraction of sp³-hybridized carbons (Fsp3) is 0.786. The highest BCUT2D eigenvalue weighted by atomic mass is 16.5. The molecule has 0 aromatic carbocycles. The van der Waals surface area contributed by atoms with Gasteiger partial charge < -0.3 is 10.1 Å². The highest BCUT2D eigenvalue weighted by Crippen LogP contribution is 2.20. The molecule has 0 spiro atoms. The van der Waals surface area contributed by atoms with Crippen molar-refractivity contribution in [1.29, 1.82) is 0 Å². The Bertz CT molecular complexity index is 392. The van der Waals surface area contributed by atoms with Crippen LogP contribution in [0.25, 0.3) is 0 Å². The van der Waals surface area contributed by atoms with Gasteiger partial charge in [-0.1, -0.05) is 0 Å². The minimum Gasteiger partial charge on any atom is -0.378 e. The minimum atomic E-state index is 0.461. The fourth-order valence-electron chi connectivity index (χ4n) is 2.54. The maximum Gasteiger partial charge on any atom is 0.0638 e. The minimum absolute atomic E-state index is 0.461. The van der Waals surface area contributed by atoms with E-state index in [1.54, 1.807) is 0 Å². The van der Waals surface area contributed by atoms with Crippen LogP contribution in [-0.4, -0.2) is 28.5 Å². The van der Waals surface area contributed by atoms with Crippen LogP contribution in [0.3, 0.4) is 0 Å². The van der Waals surface area contributed by atoms with E-state index in [4.69, 9.17) is 4.74 Å². The van der Waals surface area contributed by atoms with Gasteiger partial charge in [-0.15, -0.1) is 0 Å². The summed E-state index contributed by atoms with van der Waals surface area (Å²) in [5.41, 5.74) is 2.50. The maximum absolute atomic E-state index is 5.65. The van der Waals surface area contributed by atoms with Gasteiger partial charge in [0.25, 0.3) is 0 Å². The first kappa shape index (κ1) is 12.2. The summed E-state index contributed by atoms with van der Waals surface area (Å²) < 4.78 is 7.73. The van der Waals surface area contributed by atoms with Crippen LogP contribution in [0, 0.1) is 6.92 Å². The molecule has 1 aromatic rings. The summed E-state index contributed by atoms with van der Waals surface area (Å²) in [7, 11) is 0. The van der Waals surface area contributed by atoms with E-state index in [-0.39, 0.29) is 0 Å². The third-order valence-electron chi connectivity index (χ3n) is 3.91. The maximum atomic E-state index is 5.65. The first-order valence-corrected chi connectivity index (χ1v) is 7.19. The van der Waals surface area contributed by atoms with Crippen LogP contribution in [0.4, 0.5) is 0 Å². The van der Waals surface area contributed by atoms with Crippen molar-refractivity contribution < 1.29 is 4.74 Å². The molecule has 2 fully saturated rings. The van der Waals surface area contributed by atoms with Crippen LogP contribution in [0.5, 0.6) is 0 Å². The summed E-state index contributed by atoms with van der Waals surface area (Å²) >= 11 is 0. The molecule has 0 amide bonds. The second-order valence-corrected chi connectivity index (χ2v) is 5.58. The topological polar surface area (TPSA) is 39.1 Å². The fourth-order valence-corrected chi connectivity index (χ4v) is 2.54. The van der Waals surface area contributed by atoms with Gasteiger partial charge in [0.15, 0.2) is 0 Å². The van der Waals surface area contributed by atoms with Crippen LogP contribution in [0.15, 0.2) is 6.20 Å². The average Bonchev–Trinajstić information content (AvgIpc) is 2.91. The lowest BCUT2D eigenvalue weighted by Gasteiger charge is -2.08. The van der Waals surface area contributed by atoms with E-state index in [0.29, 0.717) is 6.10 Å². The van der Waals surface area contributed by atoms with Gasteiger partial charge in [-0.05, 0) is 39.0 Å². The monoisotopic (exact) mass is 249 g/mol.